The highest BCUT2D eigenvalue weighted by Gasteiger charge is 2.65. The van der Waals surface area contributed by atoms with Crippen molar-refractivity contribution in [2.24, 2.45) is 17.3 Å². The van der Waals surface area contributed by atoms with E-state index in [1.165, 1.54) is 27.7 Å². The Morgan fingerprint density at radius 3 is 1.42 bits per heavy atom. The van der Waals surface area contributed by atoms with Gasteiger partial charge in [-0.15, -0.1) is 0 Å². The Balaban J connectivity index is 6.27. The Kier molecular flexibility index (Phi) is 5.08. The molecule has 0 aliphatic carbocycles. The number of carboxylic acid groups (broad SMARTS) is 3. The van der Waals surface area contributed by atoms with E-state index in [0.717, 1.165) is 0 Å². The summed E-state index contributed by atoms with van der Waals surface area (Å²) in [7, 11) is 0. The minimum atomic E-state index is -2.88. The molecule has 0 spiro atoms. The van der Waals surface area contributed by atoms with Crippen LogP contribution < -0.4 is 0 Å². The van der Waals surface area contributed by atoms with Crippen LogP contribution in [0.15, 0.2) is 0 Å². The van der Waals surface area contributed by atoms with Gasteiger partial charge in [-0.25, -0.2) is 4.79 Å². The van der Waals surface area contributed by atoms with Crippen LogP contribution in [0, 0.1) is 17.3 Å². The summed E-state index contributed by atoms with van der Waals surface area (Å²) >= 11 is 0. The van der Waals surface area contributed by atoms with Crippen molar-refractivity contribution in [1.29, 1.82) is 0 Å². The average molecular weight is 276 g/mol. The first-order chi connectivity index (χ1) is 8.44. The van der Waals surface area contributed by atoms with Crippen LogP contribution in [0.4, 0.5) is 0 Å². The lowest BCUT2D eigenvalue weighted by Gasteiger charge is -2.46. The van der Waals surface area contributed by atoms with Crippen LogP contribution in [0.5, 0.6) is 0 Å². The molecule has 110 valence electrons. The highest BCUT2D eigenvalue weighted by molar-refractivity contribution is 5.92. The van der Waals surface area contributed by atoms with Crippen molar-refractivity contribution in [1.82, 2.24) is 0 Å². The third-order valence-corrected chi connectivity index (χ3v) is 3.62. The van der Waals surface area contributed by atoms with Crippen LogP contribution in [0.3, 0.4) is 0 Å². The fraction of sp³-hybridized carbons (Fsp3) is 0.750. The van der Waals surface area contributed by atoms with E-state index in [-0.39, 0.29) is 0 Å². The van der Waals surface area contributed by atoms with Gasteiger partial charge in [0, 0.05) is 0 Å². The number of carboxylic acids is 3. The van der Waals surface area contributed by atoms with Gasteiger partial charge in [0.25, 0.3) is 0 Å². The second kappa shape index (κ2) is 5.56. The number of hydrogen-bond acceptors (Lipinski definition) is 4. The SMILES string of the molecule is CC(C)C(C(=O)O)(C(C)C)C(O)(CC(=O)O)C(=O)O. The zero-order valence-corrected chi connectivity index (χ0v) is 11.4. The molecule has 7 heteroatoms. The van der Waals surface area contributed by atoms with Crippen LogP contribution in [0.1, 0.15) is 34.1 Å². The van der Waals surface area contributed by atoms with Gasteiger partial charge in [0.1, 0.15) is 5.41 Å². The highest BCUT2D eigenvalue weighted by Crippen LogP contribution is 2.47. The van der Waals surface area contributed by atoms with E-state index in [4.69, 9.17) is 5.11 Å². The molecule has 0 saturated heterocycles. The predicted octanol–water partition coefficient (Wildman–Crippen LogP) is 0.660. The molecule has 0 amide bonds. The molecule has 0 aromatic rings. The van der Waals surface area contributed by atoms with Gasteiger partial charge in [-0.1, -0.05) is 27.7 Å². The molecule has 0 aliphatic rings. The van der Waals surface area contributed by atoms with Crippen molar-refractivity contribution in [3.8, 4) is 0 Å². The largest absolute Gasteiger partial charge is 0.481 e. The Labute approximate surface area is 110 Å². The summed E-state index contributed by atoms with van der Waals surface area (Å²) < 4.78 is 0. The molecule has 0 aromatic carbocycles. The summed E-state index contributed by atoms with van der Waals surface area (Å²) in [6.07, 6.45) is -1.18. The van der Waals surface area contributed by atoms with Crippen molar-refractivity contribution in [3.63, 3.8) is 0 Å². The number of carbonyl (C=O) groups is 3. The van der Waals surface area contributed by atoms with Gasteiger partial charge in [0.05, 0.1) is 6.42 Å². The fourth-order valence-electron chi connectivity index (χ4n) is 2.91. The number of rotatable bonds is 7. The van der Waals surface area contributed by atoms with E-state index in [1.54, 1.807) is 0 Å². The molecule has 7 nitrogen and oxygen atoms in total. The summed E-state index contributed by atoms with van der Waals surface area (Å²) in [5.74, 6) is -6.49. The highest BCUT2D eigenvalue weighted by atomic mass is 16.4. The summed E-state index contributed by atoms with van der Waals surface area (Å²) in [4.78, 5) is 33.8. The third-order valence-electron chi connectivity index (χ3n) is 3.62. The first-order valence-corrected chi connectivity index (χ1v) is 5.85. The normalized spacial score (nSPS) is 15.3. The van der Waals surface area contributed by atoms with Gasteiger partial charge in [-0.05, 0) is 11.8 Å². The maximum Gasteiger partial charge on any atom is 0.337 e. The lowest BCUT2D eigenvalue weighted by molar-refractivity contribution is -0.207. The van der Waals surface area contributed by atoms with Gasteiger partial charge in [-0.2, -0.15) is 0 Å². The first kappa shape index (κ1) is 17.4. The molecule has 0 aliphatic heterocycles. The summed E-state index contributed by atoms with van der Waals surface area (Å²) in [6, 6.07) is 0. The first-order valence-electron chi connectivity index (χ1n) is 5.85. The van der Waals surface area contributed by atoms with E-state index in [1.807, 2.05) is 0 Å². The second-order valence-electron chi connectivity index (χ2n) is 5.22. The maximum atomic E-state index is 11.6. The average Bonchev–Trinajstić information content (AvgIpc) is 2.13. The molecule has 0 aromatic heterocycles. The van der Waals surface area contributed by atoms with Crippen LogP contribution in [-0.2, 0) is 14.4 Å². The summed E-state index contributed by atoms with van der Waals surface area (Å²) in [5, 5.41) is 37.7. The van der Waals surface area contributed by atoms with Gasteiger partial charge in [0.15, 0.2) is 5.60 Å². The predicted molar refractivity (Wildman–Crippen MR) is 64.6 cm³/mol. The van der Waals surface area contributed by atoms with Crippen LogP contribution in [0.2, 0.25) is 0 Å². The molecule has 0 fully saturated rings. The van der Waals surface area contributed by atoms with E-state index in [9.17, 15) is 29.7 Å². The molecule has 1 unspecified atom stereocenters. The van der Waals surface area contributed by atoms with Gasteiger partial charge < -0.3 is 20.4 Å². The summed E-state index contributed by atoms with van der Waals surface area (Å²) in [5.41, 5.74) is -4.98. The molecule has 4 N–H and O–H groups in total. The number of aliphatic carboxylic acids is 3. The number of aliphatic hydroxyl groups is 1. The van der Waals surface area contributed by atoms with Crippen LogP contribution >= 0.6 is 0 Å². The monoisotopic (exact) mass is 276 g/mol. The maximum absolute atomic E-state index is 11.6. The molecular weight excluding hydrogens is 256 g/mol. The van der Waals surface area contributed by atoms with E-state index in [2.05, 4.69) is 0 Å². The van der Waals surface area contributed by atoms with Gasteiger partial charge in [-0.3, -0.25) is 9.59 Å². The zero-order chi connectivity index (χ0) is 15.6. The fourth-order valence-corrected chi connectivity index (χ4v) is 2.91. The molecular formula is C12H20O7. The number of hydrogen-bond donors (Lipinski definition) is 4. The molecule has 0 saturated carbocycles. The Morgan fingerprint density at radius 1 is 0.895 bits per heavy atom. The Morgan fingerprint density at radius 2 is 1.26 bits per heavy atom. The lowest BCUT2D eigenvalue weighted by atomic mass is 9.57. The second-order valence-corrected chi connectivity index (χ2v) is 5.22. The van der Waals surface area contributed by atoms with Crippen molar-refractivity contribution in [3.05, 3.63) is 0 Å². The molecule has 0 heterocycles. The van der Waals surface area contributed by atoms with E-state index < -0.39 is 47.2 Å². The van der Waals surface area contributed by atoms with Crippen LogP contribution in [0.25, 0.3) is 0 Å². The van der Waals surface area contributed by atoms with Crippen molar-refractivity contribution in [2.75, 3.05) is 0 Å². The molecule has 0 rings (SSSR count). The van der Waals surface area contributed by atoms with Crippen molar-refractivity contribution < 1.29 is 34.8 Å². The standard InChI is InChI=1S/C12H20O7/c1-6(2)12(7(3)4,10(17)18)11(19,9(15)16)5-8(13)14/h6-7,19H,5H2,1-4H3,(H,13,14)(H,15,16)(H,17,18). The zero-order valence-electron chi connectivity index (χ0n) is 11.4. The Bertz CT molecular complexity index is 378. The quantitative estimate of drug-likeness (QED) is 0.537. The van der Waals surface area contributed by atoms with Gasteiger partial charge >= 0.3 is 17.9 Å². The summed E-state index contributed by atoms with van der Waals surface area (Å²) in [6.45, 7) is 5.79. The van der Waals surface area contributed by atoms with Crippen molar-refractivity contribution >= 4 is 17.9 Å². The van der Waals surface area contributed by atoms with E-state index in [0.29, 0.717) is 0 Å². The minimum Gasteiger partial charge on any atom is -0.481 e. The topological polar surface area (TPSA) is 132 Å². The molecule has 0 bridgehead atoms. The Hall–Kier alpha value is -1.63. The lowest BCUT2D eigenvalue weighted by Crippen LogP contribution is -2.64. The molecule has 1 atom stereocenters. The van der Waals surface area contributed by atoms with E-state index >= 15 is 0 Å². The smallest absolute Gasteiger partial charge is 0.337 e. The van der Waals surface area contributed by atoms with Crippen molar-refractivity contribution in [2.45, 2.75) is 39.7 Å². The third kappa shape index (κ3) is 2.56. The molecule has 0 radical (unpaired) electrons. The minimum absolute atomic E-state index is 0.773. The van der Waals surface area contributed by atoms with Crippen LogP contribution in [-0.4, -0.2) is 43.9 Å². The molecule has 19 heavy (non-hydrogen) atoms. The van der Waals surface area contributed by atoms with Gasteiger partial charge in [0.2, 0.25) is 0 Å².